The van der Waals surface area contributed by atoms with E-state index in [0.717, 1.165) is 5.56 Å². The van der Waals surface area contributed by atoms with Gasteiger partial charge in [-0.2, -0.15) is 0 Å². The van der Waals surface area contributed by atoms with E-state index in [1.165, 1.54) is 6.26 Å². The number of benzene rings is 1. The highest BCUT2D eigenvalue weighted by atomic mass is 32.2. The lowest BCUT2D eigenvalue weighted by molar-refractivity contribution is 0.0343. The molecule has 2 aliphatic rings. The van der Waals surface area contributed by atoms with E-state index in [1.54, 1.807) is 17.0 Å². The zero-order chi connectivity index (χ0) is 18.9. The fourth-order valence-corrected chi connectivity index (χ4v) is 5.95. The second-order valence-electron chi connectivity index (χ2n) is 7.00. The van der Waals surface area contributed by atoms with Crippen molar-refractivity contribution in [1.82, 2.24) is 9.80 Å². The molecule has 1 aromatic carbocycles. The molecule has 6 nitrogen and oxygen atoms in total. The van der Waals surface area contributed by atoms with Crippen LogP contribution in [-0.4, -0.2) is 67.3 Å². The van der Waals surface area contributed by atoms with E-state index >= 15 is 0 Å². The highest BCUT2D eigenvalue weighted by Crippen LogP contribution is 2.28. The van der Waals surface area contributed by atoms with Crippen molar-refractivity contribution >= 4 is 21.8 Å². The van der Waals surface area contributed by atoms with E-state index in [1.807, 2.05) is 36.4 Å². The minimum atomic E-state index is -3.16. The Bertz CT molecular complexity index is 922. The third-order valence-corrected chi connectivity index (χ3v) is 6.93. The number of hydrogen-bond donors (Lipinski definition) is 0. The number of rotatable bonds is 4. The zero-order valence-electron chi connectivity index (χ0n) is 14.9. The van der Waals surface area contributed by atoms with E-state index < -0.39 is 9.84 Å². The average Bonchev–Trinajstić information content (AvgIpc) is 3.29. The van der Waals surface area contributed by atoms with Crippen LogP contribution in [0.2, 0.25) is 0 Å². The van der Waals surface area contributed by atoms with E-state index in [0.29, 0.717) is 19.6 Å². The van der Waals surface area contributed by atoms with Crippen LogP contribution in [-0.2, 0) is 9.84 Å². The average molecular weight is 386 g/mol. The van der Waals surface area contributed by atoms with Crippen LogP contribution in [0.3, 0.4) is 0 Å². The molecule has 0 saturated carbocycles. The van der Waals surface area contributed by atoms with Gasteiger partial charge in [0.25, 0.3) is 5.91 Å². The first-order valence-corrected chi connectivity index (χ1v) is 10.9. The molecule has 4 rings (SSSR count). The maximum absolute atomic E-state index is 12.7. The molecule has 0 radical (unpaired) electrons. The normalized spacial score (nSPS) is 25.0. The molecule has 1 aromatic heterocycles. The van der Waals surface area contributed by atoms with E-state index in [2.05, 4.69) is 11.0 Å². The lowest BCUT2D eigenvalue weighted by Crippen LogP contribution is -2.60. The van der Waals surface area contributed by atoms with Crippen LogP contribution < -0.4 is 0 Å². The molecule has 0 unspecified atom stereocenters. The van der Waals surface area contributed by atoms with Crippen molar-refractivity contribution in [3.8, 4) is 0 Å². The summed E-state index contributed by atoms with van der Waals surface area (Å²) in [5.74, 6) is 0.143. The molecule has 0 spiro atoms. The molecule has 142 valence electrons. The third-order valence-electron chi connectivity index (χ3n) is 5.23. The Hall–Kier alpha value is -2.38. The minimum absolute atomic E-state index is 0.0169. The molecule has 27 heavy (non-hydrogen) atoms. The maximum Gasteiger partial charge on any atom is 0.289 e. The number of hydrogen-bond acceptors (Lipinski definition) is 5. The summed E-state index contributed by atoms with van der Waals surface area (Å²) in [5.41, 5.74) is 1.11. The Kier molecular flexibility index (Phi) is 4.88. The topological polar surface area (TPSA) is 70.8 Å². The van der Waals surface area contributed by atoms with Gasteiger partial charge in [0.1, 0.15) is 0 Å². The Labute approximate surface area is 159 Å². The number of fused-ring (bicyclic) bond motifs is 1. The lowest BCUT2D eigenvalue weighted by atomic mass is 10.0. The fraction of sp³-hybridized carbons (Fsp3) is 0.350. The van der Waals surface area contributed by atoms with Crippen LogP contribution in [0.4, 0.5) is 0 Å². The van der Waals surface area contributed by atoms with Crippen molar-refractivity contribution in [2.24, 2.45) is 0 Å². The highest BCUT2D eigenvalue weighted by molar-refractivity contribution is 7.91. The zero-order valence-corrected chi connectivity index (χ0v) is 15.7. The minimum Gasteiger partial charge on any atom is -0.459 e. The molecular formula is C20H22N2O4S. The Morgan fingerprint density at radius 3 is 2.59 bits per heavy atom. The van der Waals surface area contributed by atoms with E-state index in [-0.39, 0.29) is 35.3 Å². The predicted octanol–water partition coefficient (Wildman–Crippen LogP) is 1.92. The molecule has 2 aliphatic heterocycles. The quantitative estimate of drug-likeness (QED) is 0.803. The van der Waals surface area contributed by atoms with Crippen molar-refractivity contribution in [2.75, 3.05) is 31.1 Å². The van der Waals surface area contributed by atoms with Crippen molar-refractivity contribution in [3.05, 3.63) is 66.1 Å². The van der Waals surface area contributed by atoms with Gasteiger partial charge in [-0.3, -0.25) is 9.69 Å². The van der Waals surface area contributed by atoms with Crippen molar-refractivity contribution in [3.63, 3.8) is 0 Å². The molecule has 7 heteroatoms. The monoisotopic (exact) mass is 386 g/mol. The number of sulfone groups is 1. The molecule has 3 heterocycles. The summed E-state index contributed by atoms with van der Waals surface area (Å²) in [5, 5.41) is 0. The second kappa shape index (κ2) is 7.32. The Morgan fingerprint density at radius 2 is 1.85 bits per heavy atom. The summed E-state index contributed by atoms with van der Waals surface area (Å²) < 4.78 is 29.8. The first kappa shape index (κ1) is 18.0. The molecular weight excluding hydrogens is 364 g/mol. The van der Waals surface area contributed by atoms with Gasteiger partial charge in [-0.25, -0.2) is 8.42 Å². The van der Waals surface area contributed by atoms with Gasteiger partial charge in [-0.05, 0) is 17.7 Å². The first-order chi connectivity index (χ1) is 13.0. The van der Waals surface area contributed by atoms with Crippen molar-refractivity contribution in [2.45, 2.75) is 12.1 Å². The third kappa shape index (κ3) is 3.84. The fourth-order valence-electron chi connectivity index (χ4n) is 3.93. The summed E-state index contributed by atoms with van der Waals surface area (Å²) in [6.07, 6.45) is 5.56. The van der Waals surface area contributed by atoms with Gasteiger partial charge in [0.05, 0.1) is 23.8 Å². The molecule has 0 bridgehead atoms. The number of furan rings is 1. The number of nitrogens with zero attached hydrogens (tertiary/aromatic N) is 2. The van der Waals surface area contributed by atoms with Crippen LogP contribution >= 0.6 is 0 Å². The highest BCUT2D eigenvalue weighted by Gasteiger charge is 2.48. The van der Waals surface area contributed by atoms with Crippen LogP contribution in [0, 0.1) is 0 Å². The predicted molar refractivity (Wildman–Crippen MR) is 103 cm³/mol. The number of carbonyl (C=O) groups is 1. The summed E-state index contributed by atoms with van der Waals surface area (Å²) >= 11 is 0. The van der Waals surface area contributed by atoms with Gasteiger partial charge in [0, 0.05) is 25.7 Å². The molecule has 2 saturated heterocycles. The molecule has 2 aromatic rings. The Morgan fingerprint density at radius 1 is 1.07 bits per heavy atom. The molecule has 2 atom stereocenters. The molecule has 1 amide bonds. The lowest BCUT2D eigenvalue weighted by Gasteiger charge is -2.43. The SMILES string of the molecule is O=C(c1ccco1)N1CCN(C/C=C/c2ccccc2)[C@H]2CS(=O)(=O)C[C@H]21. The second-order valence-corrected chi connectivity index (χ2v) is 9.15. The molecule has 0 aliphatic carbocycles. The maximum atomic E-state index is 12.7. The van der Waals surface area contributed by atoms with E-state index in [4.69, 9.17) is 4.42 Å². The standard InChI is InChI=1S/C20H22N2O4S/c23-20(19-9-5-13-26-19)22-12-11-21(17-14-27(24,25)15-18(17)22)10-4-8-16-6-2-1-3-7-16/h1-9,13,17-18H,10-12,14-15H2/b8-4+/t17-,18+/m0/s1. The van der Waals surface area contributed by atoms with Crippen LogP contribution in [0.5, 0.6) is 0 Å². The number of piperazine rings is 1. The van der Waals surface area contributed by atoms with Gasteiger partial charge < -0.3 is 9.32 Å². The van der Waals surface area contributed by atoms with Gasteiger partial charge in [0.15, 0.2) is 15.6 Å². The van der Waals surface area contributed by atoms with Crippen LogP contribution in [0.25, 0.3) is 6.08 Å². The van der Waals surface area contributed by atoms with Crippen molar-refractivity contribution in [1.29, 1.82) is 0 Å². The smallest absolute Gasteiger partial charge is 0.289 e. The number of carbonyl (C=O) groups excluding carboxylic acids is 1. The Balaban J connectivity index is 1.50. The largest absolute Gasteiger partial charge is 0.459 e. The van der Waals surface area contributed by atoms with Gasteiger partial charge >= 0.3 is 0 Å². The van der Waals surface area contributed by atoms with Gasteiger partial charge in [-0.15, -0.1) is 0 Å². The summed E-state index contributed by atoms with van der Waals surface area (Å²) in [6.45, 7) is 1.80. The summed E-state index contributed by atoms with van der Waals surface area (Å²) in [7, 11) is -3.16. The van der Waals surface area contributed by atoms with E-state index in [9.17, 15) is 13.2 Å². The summed E-state index contributed by atoms with van der Waals surface area (Å²) in [4.78, 5) is 16.6. The first-order valence-electron chi connectivity index (χ1n) is 9.04. The van der Waals surface area contributed by atoms with Crippen LogP contribution in [0.1, 0.15) is 16.1 Å². The van der Waals surface area contributed by atoms with Crippen LogP contribution in [0.15, 0.2) is 59.2 Å². The van der Waals surface area contributed by atoms with Crippen molar-refractivity contribution < 1.29 is 17.6 Å². The molecule has 0 N–H and O–H groups in total. The van der Waals surface area contributed by atoms with Gasteiger partial charge in [0.2, 0.25) is 0 Å². The van der Waals surface area contributed by atoms with Gasteiger partial charge in [-0.1, -0.05) is 42.5 Å². The molecule has 2 fully saturated rings. The summed E-state index contributed by atoms with van der Waals surface area (Å²) in [6, 6.07) is 12.8. The number of amides is 1.